The highest BCUT2D eigenvalue weighted by molar-refractivity contribution is 5.92. The lowest BCUT2D eigenvalue weighted by atomic mass is 10.1. The predicted molar refractivity (Wildman–Crippen MR) is 111 cm³/mol. The number of aliphatic hydroxyl groups is 1. The van der Waals surface area contributed by atoms with Gasteiger partial charge in [0.25, 0.3) is 0 Å². The van der Waals surface area contributed by atoms with E-state index >= 15 is 0 Å². The molecule has 1 amide bonds. The normalized spacial score (nSPS) is 10.8. The minimum atomic E-state index is -0.444. The lowest BCUT2D eigenvalue weighted by molar-refractivity contribution is 0.1000. The maximum absolute atomic E-state index is 11.4. The van der Waals surface area contributed by atoms with Gasteiger partial charge in [0.1, 0.15) is 5.82 Å². The molecule has 0 saturated carbocycles. The predicted octanol–water partition coefficient (Wildman–Crippen LogP) is 3.21. The molecule has 6 heteroatoms. The van der Waals surface area contributed by atoms with Crippen LogP contribution in [0.15, 0.2) is 54.6 Å². The summed E-state index contributed by atoms with van der Waals surface area (Å²) in [4.78, 5) is 11.4. The van der Waals surface area contributed by atoms with Gasteiger partial charge >= 0.3 is 0 Å². The topological polar surface area (TPSA) is 93.2 Å². The van der Waals surface area contributed by atoms with E-state index in [0.717, 1.165) is 35.5 Å². The maximum atomic E-state index is 11.4. The molecule has 0 aliphatic rings. The van der Waals surface area contributed by atoms with Gasteiger partial charge < -0.3 is 16.2 Å². The molecule has 0 bridgehead atoms. The first-order valence-electron chi connectivity index (χ1n) is 9.51. The summed E-state index contributed by atoms with van der Waals surface area (Å²) >= 11 is 0. The number of carbonyl (C=O) groups excluding carboxylic acids is 1. The van der Waals surface area contributed by atoms with Gasteiger partial charge in [-0.25, -0.2) is 4.68 Å². The second kappa shape index (κ2) is 9.19. The van der Waals surface area contributed by atoms with Crippen molar-refractivity contribution in [2.24, 2.45) is 5.73 Å². The van der Waals surface area contributed by atoms with E-state index in [-0.39, 0.29) is 6.61 Å². The van der Waals surface area contributed by atoms with Gasteiger partial charge in [-0.1, -0.05) is 49.7 Å². The van der Waals surface area contributed by atoms with Crippen LogP contribution in [-0.4, -0.2) is 27.4 Å². The Morgan fingerprint density at radius 1 is 1.14 bits per heavy atom. The van der Waals surface area contributed by atoms with E-state index in [1.54, 1.807) is 16.8 Å². The molecule has 0 fully saturated rings. The van der Waals surface area contributed by atoms with Crippen molar-refractivity contribution >= 4 is 11.7 Å². The van der Waals surface area contributed by atoms with Crippen molar-refractivity contribution in [3.63, 3.8) is 0 Å². The molecular formula is C22H26N4O2. The summed E-state index contributed by atoms with van der Waals surface area (Å²) < 4.78 is 1.76. The van der Waals surface area contributed by atoms with Crippen LogP contribution in [-0.2, 0) is 19.5 Å². The van der Waals surface area contributed by atoms with Gasteiger partial charge in [-0.15, -0.1) is 0 Å². The van der Waals surface area contributed by atoms with Crippen molar-refractivity contribution in [1.82, 2.24) is 9.78 Å². The lowest BCUT2D eigenvalue weighted by Gasteiger charge is -2.09. The second-order valence-corrected chi connectivity index (χ2v) is 6.73. The monoisotopic (exact) mass is 378 g/mol. The van der Waals surface area contributed by atoms with Crippen molar-refractivity contribution in [2.75, 3.05) is 11.9 Å². The van der Waals surface area contributed by atoms with E-state index in [2.05, 4.69) is 41.6 Å². The first kappa shape index (κ1) is 19.6. The zero-order valence-corrected chi connectivity index (χ0v) is 16.1. The number of nitrogens with zero attached hydrogens (tertiary/aromatic N) is 2. The van der Waals surface area contributed by atoms with Crippen molar-refractivity contribution in [1.29, 1.82) is 0 Å². The Bertz CT molecular complexity index is 932. The Morgan fingerprint density at radius 3 is 2.61 bits per heavy atom. The summed E-state index contributed by atoms with van der Waals surface area (Å²) in [6, 6.07) is 17.6. The summed E-state index contributed by atoms with van der Waals surface area (Å²) in [6.45, 7) is 3.09. The zero-order valence-electron chi connectivity index (χ0n) is 16.1. The van der Waals surface area contributed by atoms with Crippen LogP contribution in [0.25, 0.3) is 11.3 Å². The van der Waals surface area contributed by atoms with E-state index < -0.39 is 5.91 Å². The largest absolute Gasteiger partial charge is 0.394 e. The number of anilines is 1. The van der Waals surface area contributed by atoms with Gasteiger partial charge in [0, 0.05) is 23.7 Å². The van der Waals surface area contributed by atoms with Gasteiger partial charge in [-0.05, 0) is 29.7 Å². The minimum Gasteiger partial charge on any atom is -0.394 e. The number of aliphatic hydroxyl groups excluding tert-OH is 1. The van der Waals surface area contributed by atoms with E-state index in [1.807, 2.05) is 18.2 Å². The number of hydrogen-bond donors (Lipinski definition) is 3. The fraction of sp³-hybridized carbons (Fsp3) is 0.273. The molecule has 0 atom stereocenters. The van der Waals surface area contributed by atoms with Crippen LogP contribution >= 0.6 is 0 Å². The molecule has 2 aromatic carbocycles. The van der Waals surface area contributed by atoms with Crippen molar-refractivity contribution < 1.29 is 9.90 Å². The lowest BCUT2D eigenvalue weighted by Crippen LogP contribution is -2.12. The summed E-state index contributed by atoms with van der Waals surface area (Å²) in [7, 11) is 0. The highest BCUT2D eigenvalue weighted by Crippen LogP contribution is 2.23. The number of primary amides is 1. The molecule has 0 aliphatic carbocycles. The van der Waals surface area contributed by atoms with E-state index in [0.29, 0.717) is 18.7 Å². The van der Waals surface area contributed by atoms with Crippen molar-refractivity contribution in [3.05, 3.63) is 71.3 Å². The highest BCUT2D eigenvalue weighted by atomic mass is 16.3. The number of amides is 1. The van der Waals surface area contributed by atoms with Crippen molar-refractivity contribution in [2.45, 2.75) is 32.9 Å². The third kappa shape index (κ3) is 4.78. The molecule has 28 heavy (non-hydrogen) atoms. The standard InChI is InChI=1S/C22H26N4O2/c1-2-4-16-7-9-18(10-8-16)20-14-21(26(25-20)11-12-27)24-15-17-5-3-6-19(13-17)22(23)28/h3,5-10,13-14,24,27H,2,4,11-12,15H2,1H3,(H2,23,28). The molecule has 0 radical (unpaired) electrons. The maximum Gasteiger partial charge on any atom is 0.248 e. The molecule has 0 spiro atoms. The Balaban J connectivity index is 1.78. The van der Waals surface area contributed by atoms with Crippen LogP contribution < -0.4 is 11.1 Å². The molecule has 3 aromatic rings. The molecule has 0 aliphatic heterocycles. The fourth-order valence-electron chi connectivity index (χ4n) is 3.12. The molecule has 3 rings (SSSR count). The number of rotatable bonds is 9. The number of benzene rings is 2. The SMILES string of the molecule is CCCc1ccc(-c2cc(NCc3cccc(C(N)=O)c3)n(CCO)n2)cc1. The van der Waals surface area contributed by atoms with Crippen LogP contribution in [0.2, 0.25) is 0 Å². The van der Waals surface area contributed by atoms with E-state index in [4.69, 9.17) is 5.73 Å². The number of hydrogen-bond acceptors (Lipinski definition) is 4. The molecule has 0 saturated heterocycles. The first-order chi connectivity index (χ1) is 13.6. The third-order valence-corrected chi connectivity index (χ3v) is 4.57. The van der Waals surface area contributed by atoms with E-state index in [9.17, 15) is 9.90 Å². The molecule has 1 aromatic heterocycles. The van der Waals surface area contributed by atoms with Crippen LogP contribution in [0, 0.1) is 0 Å². The van der Waals surface area contributed by atoms with E-state index in [1.165, 1.54) is 5.56 Å². The van der Waals surface area contributed by atoms with Crippen molar-refractivity contribution in [3.8, 4) is 11.3 Å². The van der Waals surface area contributed by atoms with Crippen LogP contribution in [0.5, 0.6) is 0 Å². The average molecular weight is 378 g/mol. The number of aryl methyl sites for hydroxylation is 1. The Labute approximate surface area is 165 Å². The average Bonchev–Trinajstić information content (AvgIpc) is 3.10. The Kier molecular flexibility index (Phi) is 6.45. The molecule has 1 heterocycles. The number of aromatic nitrogens is 2. The fourth-order valence-corrected chi connectivity index (χ4v) is 3.12. The quantitative estimate of drug-likeness (QED) is 0.533. The molecule has 6 nitrogen and oxygen atoms in total. The molecule has 4 N–H and O–H groups in total. The highest BCUT2D eigenvalue weighted by Gasteiger charge is 2.10. The molecule has 146 valence electrons. The van der Waals surface area contributed by atoms with Gasteiger partial charge in [-0.3, -0.25) is 4.79 Å². The minimum absolute atomic E-state index is 0.00238. The molecular weight excluding hydrogens is 352 g/mol. The number of nitrogens with two attached hydrogens (primary N) is 1. The summed E-state index contributed by atoms with van der Waals surface area (Å²) in [5.74, 6) is 0.368. The number of nitrogens with one attached hydrogen (secondary N) is 1. The Hall–Kier alpha value is -3.12. The van der Waals surface area contributed by atoms with Gasteiger partial charge in [0.2, 0.25) is 5.91 Å². The Morgan fingerprint density at radius 2 is 1.93 bits per heavy atom. The first-order valence-corrected chi connectivity index (χ1v) is 9.51. The third-order valence-electron chi connectivity index (χ3n) is 4.57. The van der Waals surface area contributed by atoms with Crippen LogP contribution in [0.1, 0.15) is 34.8 Å². The van der Waals surface area contributed by atoms with Gasteiger partial charge in [0.15, 0.2) is 0 Å². The summed E-state index contributed by atoms with van der Waals surface area (Å²) in [5, 5.41) is 17.3. The van der Waals surface area contributed by atoms with Gasteiger partial charge in [-0.2, -0.15) is 5.10 Å². The summed E-state index contributed by atoms with van der Waals surface area (Å²) in [5.41, 5.74) is 9.98. The van der Waals surface area contributed by atoms with Gasteiger partial charge in [0.05, 0.1) is 18.8 Å². The number of carbonyl (C=O) groups is 1. The zero-order chi connectivity index (χ0) is 19.9. The summed E-state index contributed by atoms with van der Waals surface area (Å²) in [6.07, 6.45) is 2.19. The second-order valence-electron chi connectivity index (χ2n) is 6.73. The van der Waals surface area contributed by atoms with Crippen LogP contribution in [0.4, 0.5) is 5.82 Å². The molecule has 0 unspecified atom stereocenters. The van der Waals surface area contributed by atoms with Crippen LogP contribution in [0.3, 0.4) is 0 Å². The smallest absolute Gasteiger partial charge is 0.248 e.